The maximum atomic E-state index is 6.09. The van der Waals surface area contributed by atoms with E-state index in [0.29, 0.717) is 12.5 Å². The molecule has 1 fully saturated rings. The second-order valence-corrected chi connectivity index (χ2v) is 7.39. The highest BCUT2D eigenvalue weighted by molar-refractivity contribution is 14.0. The molecule has 0 aliphatic carbocycles. The van der Waals surface area contributed by atoms with Gasteiger partial charge in [0.05, 0.1) is 6.54 Å². The number of halogens is 1. The van der Waals surface area contributed by atoms with Crippen molar-refractivity contribution in [3.8, 4) is 0 Å². The first-order valence-electron chi connectivity index (χ1n) is 7.34. The van der Waals surface area contributed by atoms with Crippen LogP contribution in [-0.2, 0) is 12.0 Å². The van der Waals surface area contributed by atoms with Crippen LogP contribution in [0.15, 0.2) is 4.99 Å². The van der Waals surface area contributed by atoms with Gasteiger partial charge in [-0.1, -0.05) is 44.9 Å². The highest BCUT2D eigenvalue weighted by atomic mass is 127. The molecule has 5 nitrogen and oxygen atoms in total. The van der Waals surface area contributed by atoms with Crippen LogP contribution in [0.2, 0.25) is 0 Å². The van der Waals surface area contributed by atoms with Gasteiger partial charge >= 0.3 is 0 Å². The summed E-state index contributed by atoms with van der Waals surface area (Å²) >= 11 is 1.63. The van der Waals surface area contributed by atoms with Crippen LogP contribution in [0.1, 0.15) is 56.5 Å². The quantitative estimate of drug-likeness (QED) is 0.451. The molecule has 21 heavy (non-hydrogen) atoms. The summed E-state index contributed by atoms with van der Waals surface area (Å²) in [5.41, 5.74) is 6.14. The number of aromatic nitrogens is 2. The first-order chi connectivity index (χ1) is 9.47. The zero-order valence-corrected chi connectivity index (χ0v) is 16.3. The van der Waals surface area contributed by atoms with Crippen LogP contribution in [0.4, 0.5) is 0 Å². The minimum atomic E-state index is 0. The van der Waals surface area contributed by atoms with Crippen molar-refractivity contribution in [1.82, 2.24) is 15.1 Å². The lowest BCUT2D eigenvalue weighted by Crippen LogP contribution is -2.38. The van der Waals surface area contributed by atoms with Crippen molar-refractivity contribution >= 4 is 41.3 Å². The summed E-state index contributed by atoms with van der Waals surface area (Å²) in [6, 6.07) is 0. The summed E-state index contributed by atoms with van der Waals surface area (Å²) in [6.07, 6.45) is 5.02. The topological polar surface area (TPSA) is 67.4 Å². The molecule has 0 atom stereocenters. The predicted molar refractivity (Wildman–Crippen MR) is 99.4 cm³/mol. The Morgan fingerprint density at radius 1 is 1.19 bits per heavy atom. The Hall–Kier alpha value is -0.440. The molecule has 120 valence electrons. The first-order valence-corrected chi connectivity index (χ1v) is 8.16. The normalized spacial score (nSPS) is 17.3. The van der Waals surface area contributed by atoms with Gasteiger partial charge < -0.3 is 10.6 Å². The Morgan fingerprint density at radius 3 is 2.33 bits per heavy atom. The second-order valence-electron chi connectivity index (χ2n) is 6.33. The van der Waals surface area contributed by atoms with Gasteiger partial charge in [-0.05, 0) is 12.8 Å². The average molecular weight is 423 g/mol. The molecule has 0 aromatic carbocycles. The Morgan fingerprint density at radius 2 is 1.81 bits per heavy atom. The van der Waals surface area contributed by atoms with Gasteiger partial charge in [-0.25, -0.2) is 4.99 Å². The van der Waals surface area contributed by atoms with E-state index in [1.165, 1.54) is 25.7 Å². The van der Waals surface area contributed by atoms with E-state index in [0.717, 1.165) is 23.1 Å². The monoisotopic (exact) mass is 423 g/mol. The lowest BCUT2D eigenvalue weighted by molar-refractivity contribution is 0.428. The van der Waals surface area contributed by atoms with Gasteiger partial charge in [0.25, 0.3) is 0 Å². The third-order valence-corrected chi connectivity index (χ3v) is 4.75. The molecule has 1 aromatic heterocycles. The number of aliphatic imine (C=N–C) groups is 1. The molecule has 1 aliphatic rings. The van der Waals surface area contributed by atoms with E-state index < -0.39 is 0 Å². The first kappa shape index (κ1) is 18.6. The highest BCUT2D eigenvalue weighted by Gasteiger charge is 2.19. The molecule has 0 amide bonds. The van der Waals surface area contributed by atoms with E-state index in [1.807, 2.05) is 0 Å². The molecule has 1 aliphatic heterocycles. The number of hydrogen-bond acceptors (Lipinski definition) is 4. The highest BCUT2D eigenvalue weighted by Crippen LogP contribution is 2.25. The molecule has 0 spiro atoms. The van der Waals surface area contributed by atoms with Crippen LogP contribution >= 0.6 is 35.3 Å². The third kappa shape index (κ3) is 5.69. The van der Waals surface area contributed by atoms with Gasteiger partial charge in [0, 0.05) is 18.5 Å². The SMILES string of the molecule is CC(C)(C)c1nnc(CN=C(N)N2CCCCCC2)s1.I. The number of guanidine groups is 1. The number of hydrogen-bond donors (Lipinski definition) is 1. The molecule has 0 saturated carbocycles. The molecule has 0 bridgehead atoms. The second kappa shape index (κ2) is 8.26. The largest absolute Gasteiger partial charge is 0.370 e. The van der Waals surface area contributed by atoms with Crippen LogP contribution in [-0.4, -0.2) is 34.1 Å². The number of likely N-dealkylation sites (tertiary alicyclic amines) is 1. The molecule has 1 saturated heterocycles. The van der Waals surface area contributed by atoms with Gasteiger partial charge in [-0.3, -0.25) is 0 Å². The Bertz CT molecular complexity index is 458. The van der Waals surface area contributed by atoms with E-state index in [1.54, 1.807) is 11.3 Å². The summed E-state index contributed by atoms with van der Waals surface area (Å²) in [5, 5.41) is 10.4. The summed E-state index contributed by atoms with van der Waals surface area (Å²) in [6.45, 7) is 9.03. The fraction of sp³-hybridized carbons (Fsp3) is 0.786. The van der Waals surface area contributed by atoms with Crippen LogP contribution < -0.4 is 5.73 Å². The van der Waals surface area contributed by atoms with Gasteiger partial charge in [0.2, 0.25) is 0 Å². The zero-order valence-electron chi connectivity index (χ0n) is 13.1. The lowest BCUT2D eigenvalue weighted by Gasteiger charge is -2.20. The summed E-state index contributed by atoms with van der Waals surface area (Å²) in [7, 11) is 0. The van der Waals surface area contributed by atoms with Gasteiger partial charge in [0.1, 0.15) is 10.0 Å². The lowest BCUT2D eigenvalue weighted by atomic mass is 9.98. The van der Waals surface area contributed by atoms with Crippen LogP contribution in [0.3, 0.4) is 0 Å². The van der Waals surface area contributed by atoms with Crippen LogP contribution in [0, 0.1) is 0 Å². The summed E-state index contributed by atoms with van der Waals surface area (Å²) in [5.74, 6) is 0.652. The van der Waals surface area contributed by atoms with E-state index in [4.69, 9.17) is 5.73 Å². The summed E-state index contributed by atoms with van der Waals surface area (Å²) in [4.78, 5) is 6.68. The van der Waals surface area contributed by atoms with Crippen molar-refractivity contribution in [1.29, 1.82) is 0 Å². The molecule has 7 heteroatoms. The van der Waals surface area contributed by atoms with Crippen molar-refractivity contribution in [3.63, 3.8) is 0 Å². The van der Waals surface area contributed by atoms with Gasteiger partial charge in [-0.15, -0.1) is 34.2 Å². The molecular weight excluding hydrogens is 397 g/mol. The zero-order chi connectivity index (χ0) is 14.6. The number of rotatable bonds is 2. The van der Waals surface area contributed by atoms with Crippen molar-refractivity contribution in [2.24, 2.45) is 10.7 Å². The van der Waals surface area contributed by atoms with E-state index in [-0.39, 0.29) is 29.4 Å². The van der Waals surface area contributed by atoms with Crippen molar-refractivity contribution in [2.75, 3.05) is 13.1 Å². The number of nitrogens with zero attached hydrogens (tertiary/aromatic N) is 4. The van der Waals surface area contributed by atoms with E-state index >= 15 is 0 Å². The molecule has 0 unspecified atom stereocenters. The van der Waals surface area contributed by atoms with Crippen molar-refractivity contribution in [2.45, 2.75) is 58.4 Å². The molecular formula is C14H26IN5S. The fourth-order valence-corrected chi connectivity index (χ4v) is 2.99. The predicted octanol–water partition coefficient (Wildman–Crippen LogP) is 3.14. The number of nitrogens with two attached hydrogens (primary N) is 1. The van der Waals surface area contributed by atoms with Crippen LogP contribution in [0.25, 0.3) is 0 Å². The molecule has 2 heterocycles. The molecule has 1 aromatic rings. The smallest absolute Gasteiger partial charge is 0.191 e. The van der Waals surface area contributed by atoms with Crippen LogP contribution in [0.5, 0.6) is 0 Å². The minimum absolute atomic E-state index is 0. The maximum Gasteiger partial charge on any atom is 0.191 e. The van der Waals surface area contributed by atoms with Gasteiger partial charge in [-0.2, -0.15) is 0 Å². The average Bonchev–Trinajstić information content (AvgIpc) is 2.70. The van der Waals surface area contributed by atoms with Crippen molar-refractivity contribution in [3.05, 3.63) is 10.0 Å². The summed E-state index contributed by atoms with van der Waals surface area (Å²) < 4.78 is 0. The maximum absolute atomic E-state index is 6.09. The fourth-order valence-electron chi connectivity index (χ4n) is 2.17. The molecule has 2 N–H and O–H groups in total. The minimum Gasteiger partial charge on any atom is -0.370 e. The molecule has 2 rings (SSSR count). The van der Waals surface area contributed by atoms with E-state index in [9.17, 15) is 0 Å². The Kier molecular flexibility index (Phi) is 7.32. The third-order valence-electron chi connectivity index (χ3n) is 3.41. The standard InChI is InChI=1S/C14H25N5S.HI/c1-14(2,3)12-18-17-11(20-12)10-16-13(15)19-8-6-4-5-7-9-19;/h4-10H2,1-3H3,(H2,15,16);1H. The Labute approximate surface area is 148 Å². The Balaban J connectivity index is 0.00000220. The van der Waals surface area contributed by atoms with Crippen molar-refractivity contribution < 1.29 is 0 Å². The van der Waals surface area contributed by atoms with E-state index in [2.05, 4.69) is 40.9 Å². The van der Waals surface area contributed by atoms with Gasteiger partial charge in [0.15, 0.2) is 5.96 Å². The molecule has 0 radical (unpaired) electrons.